The monoisotopic (exact) mass is 348 g/mol. The van der Waals surface area contributed by atoms with Crippen LogP contribution in [0.15, 0.2) is 34.2 Å². The van der Waals surface area contributed by atoms with Crippen LogP contribution in [0.25, 0.3) is 0 Å². The molecule has 0 saturated heterocycles. The van der Waals surface area contributed by atoms with Gasteiger partial charge in [0.05, 0.1) is 11.8 Å². The van der Waals surface area contributed by atoms with E-state index in [0.717, 1.165) is 35.0 Å². The molecule has 1 aliphatic carbocycles. The summed E-state index contributed by atoms with van der Waals surface area (Å²) < 4.78 is 6.56. The molecular formula is C14H13BrN4O2. The Bertz CT molecular complexity index is 718. The van der Waals surface area contributed by atoms with Crippen LogP contribution in [0.5, 0.6) is 11.6 Å². The lowest BCUT2D eigenvalue weighted by atomic mass is 10.1. The summed E-state index contributed by atoms with van der Waals surface area (Å²) in [6.45, 7) is 0. The number of hydrogen-bond donors (Lipinski definition) is 2. The number of nitrogens with two attached hydrogens (primary N) is 1. The molecular weight excluding hydrogens is 336 g/mol. The van der Waals surface area contributed by atoms with E-state index >= 15 is 0 Å². The molecule has 108 valence electrons. The molecule has 0 aliphatic heterocycles. The van der Waals surface area contributed by atoms with Gasteiger partial charge in [-0.3, -0.25) is 4.98 Å². The van der Waals surface area contributed by atoms with Crippen LogP contribution in [0.3, 0.4) is 0 Å². The highest BCUT2D eigenvalue weighted by atomic mass is 79.9. The van der Waals surface area contributed by atoms with Crippen molar-refractivity contribution in [2.75, 3.05) is 0 Å². The van der Waals surface area contributed by atoms with Crippen LogP contribution in [0.1, 0.15) is 23.2 Å². The number of aryl methyl sites for hydroxylation is 2. The molecule has 0 spiro atoms. The first-order valence-electron chi connectivity index (χ1n) is 6.46. The van der Waals surface area contributed by atoms with Gasteiger partial charge in [0.25, 0.3) is 0 Å². The van der Waals surface area contributed by atoms with Gasteiger partial charge in [-0.25, -0.2) is 4.98 Å². The molecule has 7 heteroatoms. The number of fused-ring (bicyclic) bond motifs is 1. The highest BCUT2D eigenvalue weighted by molar-refractivity contribution is 9.10. The summed E-state index contributed by atoms with van der Waals surface area (Å²) in [5.74, 6) is 0.836. The Morgan fingerprint density at radius 1 is 1.33 bits per heavy atom. The first kappa shape index (κ1) is 13.8. The molecule has 0 radical (unpaired) electrons. The van der Waals surface area contributed by atoms with E-state index in [1.165, 1.54) is 0 Å². The topological polar surface area (TPSA) is 93.6 Å². The third-order valence-corrected chi connectivity index (χ3v) is 3.73. The summed E-state index contributed by atoms with van der Waals surface area (Å²) in [6, 6.07) is 3.66. The van der Waals surface area contributed by atoms with Crippen molar-refractivity contribution in [2.24, 2.45) is 10.9 Å². The first-order chi connectivity index (χ1) is 10.2. The Morgan fingerprint density at radius 2 is 2.19 bits per heavy atom. The van der Waals surface area contributed by atoms with E-state index in [4.69, 9.17) is 15.7 Å². The quantitative estimate of drug-likeness (QED) is 0.385. The summed E-state index contributed by atoms with van der Waals surface area (Å²) in [5, 5.41) is 12.0. The average molecular weight is 349 g/mol. The predicted octanol–water partition coefficient (Wildman–Crippen LogP) is 2.61. The number of oxime groups is 1. The van der Waals surface area contributed by atoms with Crippen LogP contribution < -0.4 is 10.5 Å². The number of ether oxygens (including phenoxy) is 1. The molecule has 0 aromatic carbocycles. The van der Waals surface area contributed by atoms with Gasteiger partial charge in [0.2, 0.25) is 5.88 Å². The maximum Gasteiger partial charge on any atom is 0.230 e. The third-order valence-electron chi connectivity index (χ3n) is 3.29. The fourth-order valence-electron chi connectivity index (χ4n) is 2.33. The summed E-state index contributed by atoms with van der Waals surface area (Å²) in [6.07, 6.45) is 6.16. The highest BCUT2D eigenvalue weighted by Gasteiger charge is 2.20. The fourth-order valence-corrected chi connectivity index (χ4v) is 2.67. The number of hydrogen-bond acceptors (Lipinski definition) is 5. The predicted molar refractivity (Wildman–Crippen MR) is 80.8 cm³/mol. The summed E-state index contributed by atoms with van der Waals surface area (Å²) >= 11 is 3.34. The van der Waals surface area contributed by atoms with Crippen molar-refractivity contribution in [1.29, 1.82) is 0 Å². The molecule has 6 nitrogen and oxygen atoms in total. The molecule has 2 aromatic rings. The van der Waals surface area contributed by atoms with Crippen LogP contribution in [0.4, 0.5) is 0 Å². The van der Waals surface area contributed by atoms with E-state index in [1.807, 2.05) is 6.07 Å². The molecule has 0 unspecified atom stereocenters. The van der Waals surface area contributed by atoms with Crippen molar-refractivity contribution in [3.8, 4) is 11.6 Å². The first-order valence-corrected chi connectivity index (χ1v) is 7.26. The molecule has 21 heavy (non-hydrogen) atoms. The zero-order valence-electron chi connectivity index (χ0n) is 11.1. The molecule has 3 N–H and O–H groups in total. The minimum Gasteiger partial charge on any atom is -0.437 e. The average Bonchev–Trinajstić information content (AvgIpc) is 2.93. The second-order valence-corrected chi connectivity index (χ2v) is 5.64. The Labute approximate surface area is 129 Å². The van der Waals surface area contributed by atoms with Crippen molar-refractivity contribution in [3.63, 3.8) is 0 Å². The summed E-state index contributed by atoms with van der Waals surface area (Å²) in [7, 11) is 0. The Balaban J connectivity index is 2.04. The van der Waals surface area contributed by atoms with Crippen LogP contribution in [0.2, 0.25) is 0 Å². The van der Waals surface area contributed by atoms with Gasteiger partial charge in [-0.15, -0.1) is 0 Å². The van der Waals surface area contributed by atoms with Gasteiger partial charge < -0.3 is 15.7 Å². The van der Waals surface area contributed by atoms with Crippen LogP contribution in [-0.2, 0) is 12.8 Å². The van der Waals surface area contributed by atoms with E-state index in [-0.39, 0.29) is 5.84 Å². The summed E-state index contributed by atoms with van der Waals surface area (Å²) in [5.41, 5.74) is 8.34. The molecule has 0 saturated carbocycles. The van der Waals surface area contributed by atoms with Crippen LogP contribution in [-0.4, -0.2) is 21.0 Å². The van der Waals surface area contributed by atoms with Crippen molar-refractivity contribution in [2.45, 2.75) is 19.3 Å². The van der Waals surface area contributed by atoms with Gasteiger partial charge in [0.1, 0.15) is 5.75 Å². The van der Waals surface area contributed by atoms with Gasteiger partial charge in [-0.2, -0.15) is 0 Å². The molecule has 3 rings (SSSR count). The third kappa shape index (κ3) is 2.82. The van der Waals surface area contributed by atoms with Crippen molar-refractivity contribution in [1.82, 2.24) is 9.97 Å². The maximum atomic E-state index is 8.93. The van der Waals surface area contributed by atoms with Crippen molar-refractivity contribution in [3.05, 3.63) is 45.8 Å². The normalized spacial score (nSPS) is 14.0. The molecule has 0 bridgehead atoms. The van der Waals surface area contributed by atoms with E-state index in [1.54, 1.807) is 18.5 Å². The second-order valence-electron chi connectivity index (χ2n) is 4.73. The lowest BCUT2D eigenvalue weighted by Gasteiger charge is -2.11. The van der Waals surface area contributed by atoms with Crippen LogP contribution in [0, 0.1) is 0 Å². The molecule has 0 atom stereocenters. The fraction of sp³-hybridized carbons (Fsp3) is 0.214. The van der Waals surface area contributed by atoms with E-state index in [0.29, 0.717) is 17.2 Å². The Kier molecular flexibility index (Phi) is 3.74. The number of aromatic nitrogens is 2. The standard InChI is InChI=1S/C14H13BrN4O2/c15-9-5-10(7-17-6-9)21-14-11(13(16)19-20)4-8-2-1-3-12(8)18-14/h4-7,20H,1-3H2,(H2,16,19). The Hall–Kier alpha value is -2.15. The molecule has 0 fully saturated rings. The van der Waals surface area contributed by atoms with Gasteiger partial charge in [-0.05, 0) is 52.9 Å². The zero-order chi connectivity index (χ0) is 14.8. The zero-order valence-corrected chi connectivity index (χ0v) is 12.7. The smallest absolute Gasteiger partial charge is 0.230 e. The van der Waals surface area contributed by atoms with Crippen molar-refractivity contribution >= 4 is 21.8 Å². The lowest BCUT2D eigenvalue weighted by molar-refractivity contribution is 0.318. The minimum absolute atomic E-state index is 0.0184. The number of halogens is 1. The van der Waals surface area contributed by atoms with E-state index < -0.39 is 0 Å². The molecule has 2 aromatic heterocycles. The van der Waals surface area contributed by atoms with Crippen molar-refractivity contribution < 1.29 is 9.94 Å². The number of nitrogens with zero attached hydrogens (tertiary/aromatic N) is 3. The Morgan fingerprint density at radius 3 is 2.95 bits per heavy atom. The maximum absolute atomic E-state index is 8.93. The van der Waals surface area contributed by atoms with Gasteiger partial charge in [-0.1, -0.05) is 5.16 Å². The largest absolute Gasteiger partial charge is 0.437 e. The summed E-state index contributed by atoms with van der Waals surface area (Å²) in [4.78, 5) is 8.55. The van der Waals surface area contributed by atoms with Gasteiger partial charge in [0.15, 0.2) is 5.84 Å². The highest BCUT2D eigenvalue weighted by Crippen LogP contribution is 2.30. The van der Waals surface area contributed by atoms with Crippen LogP contribution >= 0.6 is 15.9 Å². The van der Waals surface area contributed by atoms with Gasteiger partial charge in [0, 0.05) is 16.4 Å². The van der Waals surface area contributed by atoms with E-state index in [2.05, 4.69) is 31.1 Å². The lowest BCUT2D eigenvalue weighted by Crippen LogP contribution is -2.16. The number of pyridine rings is 2. The SMILES string of the molecule is NC(=NO)c1cc2c(nc1Oc1cncc(Br)c1)CCC2. The number of rotatable bonds is 3. The molecule has 2 heterocycles. The number of amidine groups is 1. The minimum atomic E-state index is -0.0184. The second kappa shape index (κ2) is 5.69. The molecule has 1 aliphatic rings. The molecule has 0 amide bonds. The van der Waals surface area contributed by atoms with Gasteiger partial charge >= 0.3 is 0 Å². The van der Waals surface area contributed by atoms with E-state index in [9.17, 15) is 0 Å².